The number of nitrogens with one attached hydrogen (secondary N) is 1. The van der Waals surface area contributed by atoms with Gasteiger partial charge in [-0.15, -0.1) is 10.2 Å². The first-order valence-electron chi connectivity index (χ1n) is 7.34. The van der Waals surface area contributed by atoms with Crippen LogP contribution in [0.3, 0.4) is 0 Å². The number of hydrogen-bond donors (Lipinski definition) is 1. The molecule has 3 rings (SSSR count). The highest BCUT2D eigenvalue weighted by Crippen LogP contribution is 2.25. The predicted molar refractivity (Wildman–Crippen MR) is 90.8 cm³/mol. The van der Waals surface area contributed by atoms with E-state index in [4.69, 9.17) is 9.26 Å². The van der Waals surface area contributed by atoms with E-state index in [9.17, 15) is 8.42 Å². The van der Waals surface area contributed by atoms with Gasteiger partial charge >= 0.3 is 0 Å². The Labute approximate surface area is 144 Å². The lowest BCUT2D eigenvalue weighted by Crippen LogP contribution is -2.14. The number of aromatic nitrogens is 3. The number of rotatable bonds is 5. The molecular formula is C16H16N4O4S. The van der Waals surface area contributed by atoms with Crippen molar-refractivity contribution in [1.29, 1.82) is 0 Å². The quantitative estimate of drug-likeness (QED) is 0.745. The summed E-state index contributed by atoms with van der Waals surface area (Å²) in [5, 5.41) is 11.6. The lowest BCUT2D eigenvalue weighted by molar-refractivity contribution is 0.390. The highest BCUT2D eigenvalue weighted by Gasteiger charge is 2.24. The van der Waals surface area contributed by atoms with Crippen LogP contribution < -0.4 is 9.46 Å². The Morgan fingerprint density at radius 3 is 2.52 bits per heavy atom. The molecule has 0 unspecified atom stereocenters. The normalized spacial score (nSPS) is 11.3. The van der Waals surface area contributed by atoms with E-state index in [0.29, 0.717) is 28.5 Å². The van der Waals surface area contributed by atoms with Crippen LogP contribution in [0.5, 0.6) is 5.88 Å². The van der Waals surface area contributed by atoms with Gasteiger partial charge in [0.25, 0.3) is 10.0 Å². The molecule has 2 aromatic heterocycles. The number of methoxy groups -OCH3 is 1. The third kappa shape index (κ3) is 3.45. The molecule has 2 heterocycles. The molecule has 9 heteroatoms. The zero-order valence-corrected chi connectivity index (χ0v) is 14.7. The van der Waals surface area contributed by atoms with Crippen LogP contribution in [-0.2, 0) is 10.0 Å². The number of anilines is 1. The van der Waals surface area contributed by atoms with Crippen LogP contribution in [0, 0.1) is 13.8 Å². The van der Waals surface area contributed by atoms with E-state index >= 15 is 0 Å². The molecule has 0 radical (unpaired) electrons. The van der Waals surface area contributed by atoms with Gasteiger partial charge in [0.15, 0.2) is 10.7 Å². The molecule has 25 heavy (non-hydrogen) atoms. The first kappa shape index (κ1) is 16.9. The molecule has 0 saturated carbocycles. The predicted octanol–water partition coefficient (Wildman–Crippen LogP) is 2.56. The summed E-state index contributed by atoms with van der Waals surface area (Å²) in [6, 6.07) is 10.3. The number of hydrogen-bond acceptors (Lipinski definition) is 7. The summed E-state index contributed by atoms with van der Waals surface area (Å²) in [4.78, 5) is 0.0437. The van der Waals surface area contributed by atoms with Crippen LogP contribution in [-0.4, -0.2) is 30.9 Å². The van der Waals surface area contributed by atoms with Crippen molar-refractivity contribution in [3.8, 4) is 17.1 Å². The molecule has 0 bridgehead atoms. The molecule has 3 aromatic rings. The molecule has 0 aliphatic heterocycles. The molecule has 8 nitrogen and oxygen atoms in total. The third-order valence-electron chi connectivity index (χ3n) is 3.50. The maximum atomic E-state index is 12.6. The van der Waals surface area contributed by atoms with Crippen molar-refractivity contribution in [2.75, 3.05) is 11.8 Å². The average molecular weight is 360 g/mol. The summed E-state index contributed by atoms with van der Waals surface area (Å²) in [6.45, 7) is 3.13. The topological polar surface area (TPSA) is 107 Å². The Hall–Kier alpha value is -2.94. The lowest BCUT2D eigenvalue weighted by atomic mass is 10.1. The second kappa shape index (κ2) is 6.52. The van der Waals surface area contributed by atoms with Gasteiger partial charge in [0.1, 0.15) is 5.69 Å². The number of nitrogens with zero attached hydrogens (tertiary/aromatic N) is 3. The summed E-state index contributed by atoms with van der Waals surface area (Å²) in [5.74, 6) is 0.640. The summed E-state index contributed by atoms with van der Waals surface area (Å²) in [7, 11) is -2.30. The van der Waals surface area contributed by atoms with Gasteiger partial charge in [-0.1, -0.05) is 17.3 Å². The fourth-order valence-corrected chi connectivity index (χ4v) is 3.77. The van der Waals surface area contributed by atoms with Crippen molar-refractivity contribution in [3.63, 3.8) is 0 Å². The second-order valence-corrected chi connectivity index (χ2v) is 6.92. The van der Waals surface area contributed by atoms with E-state index in [1.807, 2.05) is 6.07 Å². The molecule has 0 fully saturated rings. The van der Waals surface area contributed by atoms with Gasteiger partial charge in [-0.25, -0.2) is 8.42 Å². The van der Waals surface area contributed by atoms with Gasteiger partial charge in [-0.2, -0.15) is 0 Å². The molecule has 0 atom stereocenters. The number of ether oxygens (including phenoxy) is 1. The highest BCUT2D eigenvalue weighted by atomic mass is 32.2. The smallest absolute Gasteiger partial charge is 0.267 e. The molecule has 0 saturated heterocycles. The van der Waals surface area contributed by atoms with Crippen LogP contribution in [0.4, 0.5) is 5.69 Å². The first-order valence-corrected chi connectivity index (χ1v) is 8.83. The third-order valence-corrected chi connectivity index (χ3v) is 5.12. The van der Waals surface area contributed by atoms with Crippen LogP contribution in [0.1, 0.15) is 11.5 Å². The van der Waals surface area contributed by atoms with Gasteiger partial charge in [0, 0.05) is 17.3 Å². The largest absolute Gasteiger partial charge is 0.480 e. The van der Waals surface area contributed by atoms with Gasteiger partial charge in [-0.3, -0.25) is 4.72 Å². The summed E-state index contributed by atoms with van der Waals surface area (Å²) in [5.41, 5.74) is 2.02. The first-order chi connectivity index (χ1) is 11.9. The van der Waals surface area contributed by atoms with Crippen molar-refractivity contribution < 1.29 is 17.7 Å². The van der Waals surface area contributed by atoms with Crippen LogP contribution in [0.25, 0.3) is 11.3 Å². The molecule has 0 spiro atoms. The van der Waals surface area contributed by atoms with E-state index in [1.165, 1.54) is 7.11 Å². The number of aryl methyl sites for hydroxylation is 2. The standard InChI is InChI=1S/C16H16N4O4S/c1-10-16(11(2)24-19-10)25(21,22)20-13-6-4-5-12(9-13)14-7-8-15(23-3)18-17-14/h4-9,20H,1-3H3. The second-order valence-electron chi connectivity index (χ2n) is 5.30. The Kier molecular flexibility index (Phi) is 4.41. The summed E-state index contributed by atoms with van der Waals surface area (Å²) >= 11 is 0. The fraction of sp³-hybridized carbons (Fsp3) is 0.188. The van der Waals surface area contributed by atoms with Crippen LogP contribution in [0.2, 0.25) is 0 Å². The van der Waals surface area contributed by atoms with Crippen molar-refractivity contribution in [3.05, 3.63) is 47.9 Å². The van der Waals surface area contributed by atoms with Gasteiger partial charge < -0.3 is 9.26 Å². The molecular weight excluding hydrogens is 344 g/mol. The van der Waals surface area contributed by atoms with Crippen molar-refractivity contribution >= 4 is 15.7 Å². The molecule has 1 N–H and O–H groups in total. The Balaban J connectivity index is 1.91. The molecule has 0 aliphatic rings. The van der Waals surface area contributed by atoms with Gasteiger partial charge in [0.05, 0.1) is 12.8 Å². The summed E-state index contributed by atoms with van der Waals surface area (Å²) in [6.07, 6.45) is 0. The fourth-order valence-electron chi connectivity index (χ4n) is 2.39. The van der Waals surface area contributed by atoms with Gasteiger partial charge in [0.2, 0.25) is 5.88 Å². The minimum absolute atomic E-state index is 0.0437. The average Bonchev–Trinajstić information content (AvgIpc) is 2.94. The Morgan fingerprint density at radius 1 is 1.12 bits per heavy atom. The Bertz CT molecular complexity index is 978. The van der Waals surface area contributed by atoms with E-state index in [1.54, 1.807) is 44.2 Å². The van der Waals surface area contributed by atoms with E-state index in [-0.39, 0.29) is 10.7 Å². The number of sulfonamides is 1. The summed E-state index contributed by atoms with van der Waals surface area (Å²) < 4.78 is 37.6. The van der Waals surface area contributed by atoms with Crippen LogP contribution in [0.15, 0.2) is 45.8 Å². The maximum Gasteiger partial charge on any atom is 0.267 e. The monoisotopic (exact) mass is 360 g/mol. The lowest BCUT2D eigenvalue weighted by Gasteiger charge is -2.09. The minimum Gasteiger partial charge on any atom is -0.480 e. The zero-order valence-electron chi connectivity index (χ0n) is 13.8. The number of benzene rings is 1. The maximum absolute atomic E-state index is 12.6. The van der Waals surface area contributed by atoms with Crippen molar-refractivity contribution in [2.45, 2.75) is 18.7 Å². The van der Waals surface area contributed by atoms with Crippen LogP contribution >= 0.6 is 0 Å². The molecule has 1 aromatic carbocycles. The van der Waals surface area contributed by atoms with E-state index in [2.05, 4.69) is 20.1 Å². The SMILES string of the molecule is COc1ccc(-c2cccc(NS(=O)(=O)c3c(C)noc3C)c2)nn1. The van der Waals surface area contributed by atoms with Crippen molar-refractivity contribution in [2.24, 2.45) is 0 Å². The molecule has 0 aliphatic carbocycles. The van der Waals surface area contributed by atoms with E-state index in [0.717, 1.165) is 0 Å². The molecule has 130 valence electrons. The highest BCUT2D eigenvalue weighted by molar-refractivity contribution is 7.92. The molecule has 0 amide bonds. The Morgan fingerprint density at radius 2 is 1.92 bits per heavy atom. The minimum atomic E-state index is -3.80. The van der Waals surface area contributed by atoms with E-state index < -0.39 is 10.0 Å². The van der Waals surface area contributed by atoms with Crippen molar-refractivity contribution in [1.82, 2.24) is 15.4 Å². The van der Waals surface area contributed by atoms with Gasteiger partial charge in [-0.05, 0) is 32.0 Å². The zero-order chi connectivity index (χ0) is 18.0.